The van der Waals surface area contributed by atoms with Crippen LogP contribution < -0.4 is 0 Å². The van der Waals surface area contributed by atoms with Crippen molar-refractivity contribution >= 4 is 0 Å². The molecular weight excluding hydrogens is 196 g/mol. The SMILES string of the molecule is CC(C)C1C=CC(F)=CC1C(F)(F)F. The van der Waals surface area contributed by atoms with Gasteiger partial charge in [0.25, 0.3) is 0 Å². The quantitative estimate of drug-likeness (QED) is 0.574. The van der Waals surface area contributed by atoms with Gasteiger partial charge >= 0.3 is 6.18 Å². The third-order valence-electron chi connectivity index (χ3n) is 2.38. The molecule has 2 unspecified atom stereocenters. The number of hydrogen-bond acceptors (Lipinski definition) is 0. The summed E-state index contributed by atoms with van der Waals surface area (Å²) in [6, 6.07) is 0. The van der Waals surface area contributed by atoms with Crippen LogP contribution in [-0.4, -0.2) is 6.18 Å². The molecule has 1 aliphatic carbocycles. The van der Waals surface area contributed by atoms with E-state index in [2.05, 4.69) is 0 Å². The lowest BCUT2D eigenvalue weighted by molar-refractivity contribution is -0.174. The topological polar surface area (TPSA) is 0 Å². The molecule has 4 heteroatoms. The van der Waals surface area contributed by atoms with Gasteiger partial charge in [-0.1, -0.05) is 19.9 Å². The van der Waals surface area contributed by atoms with Crippen LogP contribution in [0.25, 0.3) is 0 Å². The third-order valence-corrected chi connectivity index (χ3v) is 2.38. The van der Waals surface area contributed by atoms with E-state index in [-0.39, 0.29) is 5.92 Å². The second-order valence-corrected chi connectivity index (χ2v) is 3.80. The van der Waals surface area contributed by atoms with Gasteiger partial charge in [-0.3, -0.25) is 0 Å². The maximum Gasteiger partial charge on any atom is 0.395 e. The fourth-order valence-electron chi connectivity index (χ4n) is 1.61. The van der Waals surface area contributed by atoms with Gasteiger partial charge in [-0.05, 0) is 24.0 Å². The molecule has 0 aromatic carbocycles. The molecule has 0 amide bonds. The van der Waals surface area contributed by atoms with Gasteiger partial charge in [0.1, 0.15) is 5.83 Å². The lowest BCUT2D eigenvalue weighted by Crippen LogP contribution is -2.32. The number of allylic oxidation sites excluding steroid dienone is 4. The summed E-state index contributed by atoms with van der Waals surface area (Å²) in [6.45, 7) is 3.40. The first-order chi connectivity index (χ1) is 6.32. The van der Waals surface area contributed by atoms with E-state index >= 15 is 0 Å². The van der Waals surface area contributed by atoms with Crippen molar-refractivity contribution in [3.8, 4) is 0 Å². The lowest BCUT2D eigenvalue weighted by atomic mass is 9.80. The maximum atomic E-state index is 12.7. The molecule has 1 rings (SSSR count). The van der Waals surface area contributed by atoms with E-state index in [1.54, 1.807) is 13.8 Å². The summed E-state index contributed by atoms with van der Waals surface area (Å²) in [5.41, 5.74) is 0. The smallest absolute Gasteiger partial charge is 0.207 e. The van der Waals surface area contributed by atoms with Crippen LogP contribution in [0.15, 0.2) is 24.1 Å². The molecule has 0 fully saturated rings. The minimum Gasteiger partial charge on any atom is -0.207 e. The van der Waals surface area contributed by atoms with Crippen LogP contribution in [0.1, 0.15) is 13.8 Å². The number of rotatable bonds is 1. The van der Waals surface area contributed by atoms with Crippen molar-refractivity contribution in [2.24, 2.45) is 17.8 Å². The standard InChI is InChI=1S/C10H12F4/c1-6(2)8-4-3-7(11)5-9(8)10(12,13)14/h3-6,8-9H,1-2H3. The van der Waals surface area contributed by atoms with Crippen LogP contribution in [0.3, 0.4) is 0 Å². The molecule has 0 aromatic heterocycles. The number of halogens is 4. The Bertz CT molecular complexity index is 260. The van der Waals surface area contributed by atoms with Crippen molar-refractivity contribution in [1.82, 2.24) is 0 Å². The molecule has 0 saturated heterocycles. The molecule has 0 nitrogen and oxygen atoms in total. The van der Waals surface area contributed by atoms with Crippen LogP contribution in [0.4, 0.5) is 17.6 Å². The molecule has 1 aliphatic rings. The number of hydrogen-bond donors (Lipinski definition) is 0. The molecule has 0 aromatic rings. The fourth-order valence-corrected chi connectivity index (χ4v) is 1.61. The summed E-state index contributed by atoms with van der Waals surface area (Å²) in [5, 5.41) is 0. The maximum absolute atomic E-state index is 12.7. The minimum absolute atomic E-state index is 0.151. The van der Waals surface area contributed by atoms with Crippen LogP contribution in [0.2, 0.25) is 0 Å². The molecule has 0 saturated carbocycles. The Balaban J connectivity index is 2.94. The van der Waals surface area contributed by atoms with E-state index in [0.717, 1.165) is 6.08 Å². The zero-order valence-corrected chi connectivity index (χ0v) is 7.98. The largest absolute Gasteiger partial charge is 0.395 e. The van der Waals surface area contributed by atoms with E-state index in [9.17, 15) is 17.6 Å². The lowest BCUT2D eigenvalue weighted by Gasteiger charge is -2.29. The van der Waals surface area contributed by atoms with Crippen LogP contribution in [-0.2, 0) is 0 Å². The predicted octanol–water partition coefficient (Wildman–Crippen LogP) is 3.86. The normalized spacial score (nSPS) is 28.1. The highest BCUT2D eigenvalue weighted by atomic mass is 19.4. The van der Waals surface area contributed by atoms with E-state index < -0.39 is 23.8 Å². The van der Waals surface area contributed by atoms with Crippen molar-refractivity contribution in [3.63, 3.8) is 0 Å². The summed E-state index contributed by atoms with van der Waals surface area (Å²) in [5.74, 6) is -3.30. The van der Waals surface area contributed by atoms with E-state index in [1.165, 1.54) is 6.08 Å². The van der Waals surface area contributed by atoms with Gasteiger partial charge in [-0.15, -0.1) is 0 Å². The van der Waals surface area contributed by atoms with E-state index in [4.69, 9.17) is 0 Å². The molecular formula is C10H12F4. The third kappa shape index (κ3) is 2.36. The average Bonchev–Trinajstić information content (AvgIpc) is 2.01. The molecule has 0 aliphatic heterocycles. The van der Waals surface area contributed by atoms with Gasteiger partial charge in [0, 0.05) is 0 Å². The van der Waals surface area contributed by atoms with Gasteiger partial charge in [-0.2, -0.15) is 13.2 Å². The van der Waals surface area contributed by atoms with Gasteiger partial charge < -0.3 is 0 Å². The molecule has 0 N–H and O–H groups in total. The zero-order chi connectivity index (χ0) is 10.9. The highest BCUT2D eigenvalue weighted by Gasteiger charge is 2.44. The van der Waals surface area contributed by atoms with Crippen molar-refractivity contribution in [1.29, 1.82) is 0 Å². The molecule has 0 radical (unpaired) electrons. The molecule has 0 spiro atoms. The van der Waals surface area contributed by atoms with Crippen molar-refractivity contribution in [2.75, 3.05) is 0 Å². The Kier molecular flexibility index (Phi) is 3.02. The highest BCUT2D eigenvalue weighted by molar-refractivity contribution is 5.21. The molecule has 0 bridgehead atoms. The van der Waals surface area contributed by atoms with Gasteiger partial charge in [0.15, 0.2) is 0 Å². The Morgan fingerprint density at radius 2 is 1.86 bits per heavy atom. The van der Waals surface area contributed by atoms with Gasteiger partial charge in [0.2, 0.25) is 0 Å². The molecule has 2 atom stereocenters. The first-order valence-electron chi connectivity index (χ1n) is 4.44. The predicted molar refractivity (Wildman–Crippen MR) is 46.2 cm³/mol. The second-order valence-electron chi connectivity index (χ2n) is 3.80. The Morgan fingerprint density at radius 3 is 2.29 bits per heavy atom. The molecule has 14 heavy (non-hydrogen) atoms. The Morgan fingerprint density at radius 1 is 1.29 bits per heavy atom. The van der Waals surface area contributed by atoms with Crippen LogP contribution in [0.5, 0.6) is 0 Å². The van der Waals surface area contributed by atoms with E-state index in [1.807, 2.05) is 0 Å². The van der Waals surface area contributed by atoms with Crippen molar-refractivity contribution in [3.05, 3.63) is 24.1 Å². The number of alkyl halides is 3. The van der Waals surface area contributed by atoms with Crippen LogP contribution in [0, 0.1) is 17.8 Å². The second kappa shape index (κ2) is 3.75. The van der Waals surface area contributed by atoms with Crippen molar-refractivity contribution in [2.45, 2.75) is 20.0 Å². The molecule has 0 heterocycles. The zero-order valence-electron chi connectivity index (χ0n) is 7.98. The van der Waals surface area contributed by atoms with E-state index in [0.29, 0.717) is 6.08 Å². The Labute approximate surface area is 80.3 Å². The van der Waals surface area contributed by atoms with Crippen molar-refractivity contribution < 1.29 is 17.6 Å². The summed E-state index contributed by atoms with van der Waals surface area (Å²) in [6.07, 6.45) is -1.30. The minimum atomic E-state index is -4.36. The van der Waals surface area contributed by atoms with Gasteiger partial charge in [-0.25, -0.2) is 4.39 Å². The molecule has 80 valence electrons. The summed E-state index contributed by atoms with van der Waals surface area (Å²) < 4.78 is 50.1. The average molecular weight is 208 g/mol. The van der Waals surface area contributed by atoms with Crippen LogP contribution >= 0.6 is 0 Å². The Hall–Kier alpha value is -0.800. The highest BCUT2D eigenvalue weighted by Crippen LogP contribution is 2.40. The first kappa shape index (κ1) is 11.3. The first-order valence-corrected chi connectivity index (χ1v) is 4.44. The summed E-state index contributed by atoms with van der Waals surface area (Å²) in [4.78, 5) is 0. The van der Waals surface area contributed by atoms with Gasteiger partial charge in [0.05, 0.1) is 5.92 Å². The monoisotopic (exact) mass is 208 g/mol. The summed E-state index contributed by atoms with van der Waals surface area (Å²) in [7, 11) is 0. The fraction of sp³-hybridized carbons (Fsp3) is 0.600. The summed E-state index contributed by atoms with van der Waals surface area (Å²) >= 11 is 0.